The highest BCUT2D eigenvalue weighted by Crippen LogP contribution is 2.26. The number of aromatic carboxylic acids is 1. The second-order valence-electron chi connectivity index (χ2n) is 5.45. The number of aromatic nitrogens is 2. The maximum atomic E-state index is 10.8. The van der Waals surface area contributed by atoms with Crippen LogP contribution in [0.5, 0.6) is 5.75 Å². The van der Waals surface area contributed by atoms with Crippen molar-refractivity contribution in [2.75, 3.05) is 24.6 Å². The summed E-state index contributed by atoms with van der Waals surface area (Å²) in [6.07, 6.45) is 5.88. The summed E-state index contributed by atoms with van der Waals surface area (Å²) >= 11 is 0. The van der Waals surface area contributed by atoms with E-state index in [-0.39, 0.29) is 5.69 Å². The van der Waals surface area contributed by atoms with E-state index in [4.69, 9.17) is 9.84 Å². The minimum Gasteiger partial charge on any atom is -0.494 e. The largest absolute Gasteiger partial charge is 0.494 e. The summed E-state index contributed by atoms with van der Waals surface area (Å²) < 4.78 is 5.46. The number of ether oxygens (including phenoxy) is 1. The second-order valence-corrected chi connectivity index (χ2v) is 5.45. The molecule has 0 bridgehead atoms. The van der Waals surface area contributed by atoms with Crippen LogP contribution >= 0.6 is 0 Å². The van der Waals surface area contributed by atoms with Crippen LogP contribution in [-0.4, -0.2) is 40.7 Å². The summed E-state index contributed by atoms with van der Waals surface area (Å²) in [5.74, 6) is 0.514. The summed E-state index contributed by atoms with van der Waals surface area (Å²) in [6, 6.07) is 8.13. The fourth-order valence-electron chi connectivity index (χ4n) is 2.67. The van der Waals surface area contributed by atoms with Crippen molar-refractivity contribution in [3.05, 3.63) is 54.0 Å². The fraction of sp³-hybridized carbons (Fsp3) is 0.278. The van der Waals surface area contributed by atoms with Gasteiger partial charge in [-0.2, -0.15) is 0 Å². The van der Waals surface area contributed by atoms with Gasteiger partial charge in [-0.05, 0) is 36.6 Å². The first kappa shape index (κ1) is 16.0. The number of hydrogen-bond acceptors (Lipinski definition) is 5. The molecule has 2 aromatic rings. The standard InChI is InChI=1S/C18H19N3O3/c1-2-24-15-5-3-13(4-6-15)14-7-9-21(10-8-14)17-12-19-16(11-20-17)18(22)23/h3-7,11-12H,2,8-10H2,1H3,(H,22,23). The molecule has 6 nitrogen and oxygen atoms in total. The molecule has 6 heteroatoms. The van der Waals surface area contributed by atoms with Gasteiger partial charge >= 0.3 is 5.97 Å². The lowest BCUT2D eigenvalue weighted by Crippen LogP contribution is -2.29. The van der Waals surface area contributed by atoms with E-state index in [1.807, 2.05) is 19.1 Å². The normalized spacial score (nSPS) is 14.2. The van der Waals surface area contributed by atoms with Gasteiger partial charge in [0.25, 0.3) is 0 Å². The minimum atomic E-state index is -1.06. The van der Waals surface area contributed by atoms with Crippen LogP contribution in [0.3, 0.4) is 0 Å². The molecule has 1 aliphatic heterocycles. The monoisotopic (exact) mass is 325 g/mol. The Labute approximate surface area is 140 Å². The van der Waals surface area contributed by atoms with E-state index in [1.165, 1.54) is 23.5 Å². The van der Waals surface area contributed by atoms with Crippen LogP contribution in [0.4, 0.5) is 5.82 Å². The lowest BCUT2D eigenvalue weighted by Gasteiger charge is -2.27. The maximum Gasteiger partial charge on any atom is 0.356 e. The molecular weight excluding hydrogens is 306 g/mol. The van der Waals surface area contributed by atoms with Crippen LogP contribution in [-0.2, 0) is 0 Å². The van der Waals surface area contributed by atoms with Crippen molar-refractivity contribution in [1.29, 1.82) is 0 Å². The quantitative estimate of drug-likeness (QED) is 0.911. The van der Waals surface area contributed by atoms with Crippen LogP contribution in [0.25, 0.3) is 5.57 Å². The third-order valence-electron chi connectivity index (χ3n) is 3.93. The van der Waals surface area contributed by atoms with E-state index in [1.54, 1.807) is 0 Å². The van der Waals surface area contributed by atoms with Crippen molar-refractivity contribution < 1.29 is 14.6 Å². The Bertz CT molecular complexity index is 739. The van der Waals surface area contributed by atoms with E-state index in [0.29, 0.717) is 12.4 Å². The van der Waals surface area contributed by atoms with E-state index >= 15 is 0 Å². The summed E-state index contributed by atoms with van der Waals surface area (Å²) in [6.45, 7) is 4.18. The van der Waals surface area contributed by atoms with Crippen LogP contribution in [0.15, 0.2) is 42.7 Å². The second kappa shape index (κ2) is 7.12. The van der Waals surface area contributed by atoms with E-state index in [2.05, 4.69) is 33.1 Å². The maximum absolute atomic E-state index is 10.8. The highest BCUT2D eigenvalue weighted by molar-refractivity contribution is 5.85. The topological polar surface area (TPSA) is 75.5 Å². The molecule has 0 spiro atoms. The third-order valence-corrected chi connectivity index (χ3v) is 3.93. The highest BCUT2D eigenvalue weighted by atomic mass is 16.5. The predicted molar refractivity (Wildman–Crippen MR) is 91.4 cm³/mol. The molecule has 0 atom stereocenters. The van der Waals surface area contributed by atoms with Gasteiger partial charge < -0.3 is 14.7 Å². The molecule has 0 saturated heterocycles. The molecule has 3 rings (SSSR count). The summed E-state index contributed by atoms with van der Waals surface area (Å²) in [4.78, 5) is 21.0. The first-order valence-corrected chi connectivity index (χ1v) is 7.90. The van der Waals surface area contributed by atoms with Gasteiger partial charge in [0.1, 0.15) is 11.6 Å². The average Bonchev–Trinajstić information content (AvgIpc) is 2.63. The highest BCUT2D eigenvalue weighted by Gasteiger charge is 2.15. The molecule has 0 aliphatic carbocycles. The minimum absolute atomic E-state index is 0.0404. The first-order chi connectivity index (χ1) is 11.7. The van der Waals surface area contributed by atoms with Gasteiger partial charge in [0.15, 0.2) is 5.69 Å². The van der Waals surface area contributed by atoms with Crippen LogP contribution in [0.1, 0.15) is 29.4 Å². The molecule has 0 unspecified atom stereocenters. The van der Waals surface area contributed by atoms with Gasteiger partial charge in [-0.3, -0.25) is 0 Å². The number of nitrogens with zero attached hydrogens (tertiary/aromatic N) is 3. The van der Waals surface area contributed by atoms with Gasteiger partial charge in [0.05, 0.1) is 19.0 Å². The van der Waals surface area contributed by atoms with Gasteiger partial charge in [0, 0.05) is 13.1 Å². The fourth-order valence-corrected chi connectivity index (χ4v) is 2.67. The van der Waals surface area contributed by atoms with Crippen molar-refractivity contribution in [3.63, 3.8) is 0 Å². The Kier molecular flexibility index (Phi) is 4.74. The zero-order valence-corrected chi connectivity index (χ0v) is 13.5. The Morgan fingerprint density at radius 2 is 2.04 bits per heavy atom. The van der Waals surface area contributed by atoms with E-state index in [0.717, 1.165) is 25.3 Å². The van der Waals surface area contributed by atoms with Crippen LogP contribution < -0.4 is 9.64 Å². The van der Waals surface area contributed by atoms with Crippen molar-refractivity contribution in [1.82, 2.24) is 9.97 Å². The molecule has 1 aromatic heterocycles. The number of benzene rings is 1. The molecule has 0 fully saturated rings. The van der Waals surface area contributed by atoms with Crippen LogP contribution in [0.2, 0.25) is 0 Å². The molecule has 0 radical (unpaired) electrons. The van der Waals surface area contributed by atoms with Gasteiger partial charge in [-0.1, -0.05) is 18.2 Å². The Balaban J connectivity index is 1.68. The Morgan fingerprint density at radius 3 is 2.58 bits per heavy atom. The summed E-state index contributed by atoms with van der Waals surface area (Å²) in [5, 5.41) is 8.87. The lowest BCUT2D eigenvalue weighted by molar-refractivity contribution is 0.0690. The first-order valence-electron chi connectivity index (χ1n) is 7.90. The molecule has 1 N–H and O–H groups in total. The molecule has 1 aromatic carbocycles. The van der Waals surface area contributed by atoms with Crippen molar-refractivity contribution in [2.24, 2.45) is 0 Å². The van der Waals surface area contributed by atoms with E-state index < -0.39 is 5.97 Å². The number of carboxylic acid groups (broad SMARTS) is 1. The SMILES string of the molecule is CCOc1ccc(C2=CCN(c3cnc(C(=O)O)cn3)CC2)cc1. The molecule has 2 heterocycles. The molecular formula is C18H19N3O3. The molecule has 0 amide bonds. The number of carboxylic acids is 1. The van der Waals surface area contributed by atoms with Crippen LogP contribution in [0, 0.1) is 0 Å². The number of rotatable bonds is 5. The lowest BCUT2D eigenvalue weighted by atomic mass is 9.99. The average molecular weight is 325 g/mol. The number of hydrogen-bond donors (Lipinski definition) is 1. The zero-order chi connectivity index (χ0) is 16.9. The van der Waals surface area contributed by atoms with Gasteiger partial charge in [-0.25, -0.2) is 14.8 Å². The van der Waals surface area contributed by atoms with Crippen molar-refractivity contribution >= 4 is 17.4 Å². The summed E-state index contributed by atoms with van der Waals surface area (Å²) in [5.41, 5.74) is 2.45. The summed E-state index contributed by atoms with van der Waals surface area (Å²) in [7, 11) is 0. The number of carbonyl (C=O) groups is 1. The molecule has 1 aliphatic rings. The van der Waals surface area contributed by atoms with Gasteiger partial charge in [-0.15, -0.1) is 0 Å². The van der Waals surface area contributed by atoms with Crippen molar-refractivity contribution in [3.8, 4) is 5.75 Å². The third kappa shape index (κ3) is 3.53. The Morgan fingerprint density at radius 1 is 1.25 bits per heavy atom. The molecule has 24 heavy (non-hydrogen) atoms. The smallest absolute Gasteiger partial charge is 0.356 e. The Hall–Kier alpha value is -2.89. The number of anilines is 1. The van der Waals surface area contributed by atoms with Crippen molar-refractivity contribution in [2.45, 2.75) is 13.3 Å². The predicted octanol–water partition coefficient (Wildman–Crippen LogP) is 2.87. The molecule has 124 valence electrons. The zero-order valence-electron chi connectivity index (χ0n) is 13.5. The van der Waals surface area contributed by atoms with E-state index in [9.17, 15) is 4.79 Å². The molecule has 0 saturated carbocycles. The van der Waals surface area contributed by atoms with Gasteiger partial charge in [0.2, 0.25) is 0 Å².